The van der Waals surface area contributed by atoms with Crippen LogP contribution >= 0.6 is 0 Å². The first-order valence-electron chi connectivity index (χ1n) is 7.53. The third-order valence-electron chi connectivity index (χ3n) is 3.59. The molecule has 1 aromatic carbocycles. The summed E-state index contributed by atoms with van der Waals surface area (Å²) in [5, 5.41) is 0. The fourth-order valence-electron chi connectivity index (χ4n) is 2.39. The maximum atomic E-state index is 12.3. The first-order valence-corrected chi connectivity index (χ1v) is 7.53. The van der Waals surface area contributed by atoms with E-state index >= 15 is 0 Å². The summed E-state index contributed by atoms with van der Waals surface area (Å²) in [6.07, 6.45) is 0. The van der Waals surface area contributed by atoms with Crippen LogP contribution in [0.3, 0.4) is 0 Å². The summed E-state index contributed by atoms with van der Waals surface area (Å²) in [5.74, 6) is 0.00877. The topological polar surface area (TPSA) is 68.4 Å². The van der Waals surface area contributed by atoms with Crippen molar-refractivity contribution in [1.29, 1.82) is 0 Å². The Morgan fingerprint density at radius 2 is 1.74 bits per heavy atom. The second kappa shape index (κ2) is 7.13. The maximum Gasteiger partial charge on any atom is 0.340 e. The zero-order valence-electron chi connectivity index (χ0n) is 13.9. The van der Waals surface area contributed by atoms with Crippen molar-refractivity contribution in [3.05, 3.63) is 52.3 Å². The average molecular weight is 315 g/mol. The molecule has 0 amide bonds. The molecule has 0 unspecified atom stereocenters. The van der Waals surface area contributed by atoms with Crippen LogP contribution in [0.5, 0.6) is 5.75 Å². The van der Waals surface area contributed by atoms with Crippen molar-refractivity contribution in [3.63, 3.8) is 0 Å². The molecule has 5 nitrogen and oxygen atoms in total. The maximum absolute atomic E-state index is 12.3. The number of aromatic nitrogens is 1. The van der Waals surface area contributed by atoms with Gasteiger partial charge < -0.3 is 14.5 Å². The van der Waals surface area contributed by atoms with Gasteiger partial charge in [0.05, 0.1) is 17.9 Å². The van der Waals surface area contributed by atoms with Crippen LogP contribution in [0.15, 0.2) is 24.3 Å². The van der Waals surface area contributed by atoms with E-state index in [9.17, 15) is 9.59 Å². The Morgan fingerprint density at radius 3 is 2.35 bits per heavy atom. The van der Waals surface area contributed by atoms with Crippen LogP contribution in [-0.2, 0) is 4.74 Å². The Hall–Kier alpha value is -2.56. The minimum Gasteiger partial charge on any atom is -0.485 e. The molecule has 0 spiro atoms. The van der Waals surface area contributed by atoms with Crippen molar-refractivity contribution >= 4 is 11.8 Å². The molecule has 0 saturated heterocycles. The number of aryl methyl sites for hydroxylation is 2. The van der Waals surface area contributed by atoms with E-state index in [0.29, 0.717) is 34.9 Å². The van der Waals surface area contributed by atoms with Crippen LogP contribution in [0.25, 0.3) is 0 Å². The van der Waals surface area contributed by atoms with E-state index in [0.717, 1.165) is 5.56 Å². The smallest absolute Gasteiger partial charge is 0.340 e. The van der Waals surface area contributed by atoms with Crippen LogP contribution in [0.4, 0.5) is 0 Å². The lowest BCUT2D eigenvalue weighted by atomic mass is 10.1. The summed E-state index contributed by atoms with van der Waals surface area (Å²) in [7, 11) is 0. The van der Waals surface area contributed by atoms with Crippen molar-refractivity contribution < 1.29 is 19.1 Å². The van der Waals surface area contributed by atoms with Gasteiger partial charge in [-0.25, -0.2) is 4.79 Å². The average Bonchev–Trinajstić information content (AvgIpc) is 2.81. The van der Waals surface area contributed by atoms with Crippen LogP contribution in [-0.4, -0.2) is 30.0 Å². The van der Waals surface area contributed by atoms with Gasteiger partial charge in [-0.3, -0.25) is 4.79 Å². The molecular formula is C18H21NO4. The molecular weight excluding hydrogens is 294 g/mol. The minimum absolute atomic E-state index is 0.0912. The summed E-state index contributed by atoms with van der Waals surface area (Å²) < 4.78 is 10.5. The minimum atomic E-state index is -0.419. The molecule has 0 aliphatic carbocycles. The SMILES string of the molecule is CCOC(=O)c1c(C)[nH]c(C(=O)COc2ccc(C)cc2)c1C. The quantitative estimate of drug-likeness (QED) is 0.655. The van der Waals surface area contributed by atoms with Crippen LogP contribution < -0.4 is 4.74 Å². The number of ketones is 1. The van der Waals surface area contributed by atoms with Gasteiger partial charge in [0.1, 0.15) is 5.75 Å². The lowest BCUT2D eigenvalue weighted by Gasteiger charge is -2.06. The summed E-state index contributed by atoms with van der Waals surface area (Å²) in [4.78, 5) is 27.3. The van der Waals surface area contributed by atoms with Gasteiger partial charge in [0, 0.05) is 5.69 Å². The van der Waals surface area contributed by atoms with Crippen molar-refractivity contribution in [2.75, 3.05) is 13.2 Å². The Balaban J connectivity index is 2.12. The molecule has 1 aromatic heterocycles. The van der Waals surface area contributed by atoms with Gasteiger partial charge in [0.25, 0.3) is 0 Å². The number of H-pyrrole nitrogens is 1. The first kappa shape index (κ1) is 16.8. The van der Waals surface area contributed by atoms with Gasteiger partial charge in [0.2, 0.25) is 5.78 Å². The van der Waals surface area contributed by atoms with Crippen LogP contribution in [0.2, 0.25) is 0 Å². The Labute approximate surface area is 135 Å². The molecule has 0 atom stereocenters. The number of carbonyl (C=O) groups is 2. The molecule has 122 valence electrons. The van der Waals surface area contributed by atoms with Gasteiger partial charge >= 0.3 is 5.97 Å². The number of aromatic amines is 1. The van der Waals surface area contributed by atoms with Crippen LogP contribution in [0, 0.1) is 20.8 Å². The lowest BCUT2D eigenvalue weighted by Crippen LogP contribution is -2.13. The standard InChI is InChI=1S/C18H21NO4/c1-5-22-18(21)16-12(3)17(19-13(16)4)15(20)10-23-14-8-6-11(2)7-9-14/h6-9,19H,5,10H2,1-4H3. The largest absolute Gasteiger partial charge is 0.485 e. The Morgan fingerprint density at radius 1 is 1.09 bits per heavy atom. The van der Waals surface area contributed by atoms with Crippen molar-refractivity contribution in [3.8, 4) is 5.75 Å². The molecule has 1 heterocycles. The Bertz CT molecular complexity index is 713. The highest BCUT2D eigenvalue weighted by atomic mass is 16.5. The Kier molecular flexibility index (Phi) is 5.21. The van der Waals surface area contributed by atoms with Crippen molar-refractivity contribution in [1.82, 2.24) is 4.98 Å². The number of hydrogen-bond donors (Lipinski definition) is 1. The number of hydrogen-bond acceptors (Lipinski definition) is 4. The van der Waals surface area contributed by atoms with Crippen LogP contribution in [0.1, 0.15) is 44.6 Å². The number of ether oxygens (including phenoxy) is 2. The van der Waals surface area contributed by atoms with Gasteiger partial charge in [-0.15, -0.1) is 0 Å². The van der Waals surface area contributed by atoms with Crippen molar-refractivity contribution in [2.45, 2.75) is 27.7 Å². The molecule has 0 saturated carbocycles. The second-order valence-corrected chi connectivity index (χ2v) is 5.37. The molecule has 0 aliphatic heterocycles. The third-order valence-corrected chi connectivity index (χ3v) is 3.59. The number of carbonyl (C=O) groups excluding carboxylic acids is 2. The molecule has 0 radical (unpaired) electrons. The van der Waals surface area contributed by atoms with E-state index in [1.54, 1.807) is 20.8 Å². The summed E-state index contributed by atoms with van der Waals surface area (Å²) >= 11 is 0. The predicted molar refractivity (Wildman–Crippen MR) is 87.2 cm³/mol. The number of esters is 1. The molecule has 5 heteroatoms. The molecule has 2 aromatic rings. The molecule has 0 fully saturated rings. The highest BCUT2D eigenvalue weighted by molar-refractivity contribution is 6.02. The number of rotatable bonds is 6. The normalized spacial score (nSPS) is 10.4. The zero-order valence-corrected chi connectivity index (χ0v) is 13.9. The van der Waals surface area contributed by atoms with E-state index in [2.05, 4.69) is 4.98 Å². The fraction of sp³-hybridized carbons (Fsp3) is 0.333. The molecule has 0 aliphatic rings. The van der Waals surface area contributed by atoms with Gasteiger partial charge in [-0.2, -0.15) is 0 Å². The van der Waals surface area contributed by atoms with E-state index in [1.165, 1.54) is 0 Å². The highest BCUT2D eigenvalue weighted by Gasteiger charge is 2.22. The van der Waals surface area contributed by atoms with Gasteiger partial charge in [-0.05, 0) is 45.4 Å². The lowest BCUT2D eigenvalue weighted by molar-refractivity contribution is 0.0525. The number of benzene rings is 1. The first-order chi connectivity index (χ1) is 10.9. The van der Waals surface area contributed by atoms with E-state index in [-0.39, 0.29) is 12.4 Å². The highest BCUT2D eigenvalue weighted by Crippen LogP contribution is 2.20. The van der Waals surface area contributed by atoms with Gasteiger partial charge in [-0.1, -0.05) is 17.7 Å². The summed E-state index contributed by atoms with van der Waals surface area (Å²) in [6.45, 7) is 7.41. The molecule has 2 rings (SSSR count). The molecule has 1 N–H and O–H groups in total. The monoisotopic (exact) mass is 315 g/mol. The predicted octanol–water partition coefficient (Wildman–Crippen LogP) is 3.38. The van der Waals surface area contributed by atoms with E-state index in [1.807, 2.05) is 31.2 Å². The number of nitrogens with one attached hydrogen (secondary N) is 1. The number of Topliss-reactive ketones (excluding diaryl/α,β-unsaturated/α-hetero) is 1. The summed E-state index contributed by atoms with van der Waals surface area (Å²) in [6, 6.07) is 7.48. The summed E-state index contributed by atoms with van der Waals surface area (Å²) in [5.41, 5.74) is 3.15. The molecule has 0 bridgehead atoms. The third kappa shape index (κ3) is 3.80. The van der Waals surface area contributed by atoms with Crippen molar-refractivity contribution in [2.24, 2.45) is 0 Å². The second-order valence-electron chi connectivity index (χ2n) is 5.37. The van der Waals surface area contributed by atoms with E-state index < -0.39 is 5.97 Å². The van der Waals surface area contributed by atoms with Gasteiger partial charge in [0.15, 0.2) is 6.61 Å². The molecule has 23 heavy (non-hydrogen) atoms. The zero-order chi connectivity index (χ0) is 17.0. The van der Waals surface area contributed by atoms with E-state index in [4.69, 9.17) is 9.47 Å². The fourth-order valence-corrected chi connectivity index (χ4v) is 2.39.